The van der Waals surface area contributed by atoms with Crippen LogP contribution in [0.15, 0.2) is 24.3 Å². The minimum atomic E-state index is -0.117. The lowest BCUT2D eigenvalue weighted by Crippen LogP contribution is -2.30. The van der Waals surface area contributed by atoms with Crippen molar-refractivity contribution in [3.05, 3.63) is 29.8 Å². The van der Waals surface area contributed by atoms with Gasteiger partial charge in [-0.15, -0.1) is 12.4 Å². The van der Waals surface area contributed by atoms with E-state index >= 15 is 0 Å². The summed E-state index contributed by atoms with van der Waals surface area (Å²) >= 11 is 0. The monoisotopic (exact) mass is 300 g/mol. The third kappa shape index (κ3) is 6.78. The molecule has 5 heteroatoms. The SMILES string of the molecule is CC(C)(C)c1ccc(OCC(=O)NCCCN)cc1.Cl. The van der Waals surface area contributed by atoms with E-state index in [-0.39, 0.29) is 30.3 Å². The van der Waals surface area contributed by atoms with E-state index in [1.165, 1.54) is 5.56 Å². The maximum absolute atomic E-state index is 11.4. The Hall–Kier alpha value is -1.26. The highest BCUT2D eigenvalue weighted by atomic mass is 35.5. The first-order valence-electron chi connectivity index (χ1n) is 6.63. The summed E-state index contributed by atoms with van der Waals surface area (Å²) in [5.74, 6) is 0.593. The van der Waals surface area contributed by atoms with Crippen LogP contribution in [-0.4, -0.2) is 25.6 Å². The van der Waals surface area contributed by atoms with Crippen molar-refractivity contribution in [2.75, 3.05) is 19.7 Å². The van der Waals surface area contributed by atoms with E-state index in [9.17, 15) is 4.79 Å². The fourth-order valence-corrected chi connectivity index (χ4v) is 1.58. The molecule has 0 spiro atoms. The summed E-state index contributed by atoms with van der Waals surface area (Å²) in [5.41, 5.74) is 6.71. The van der Waals surface area contributed by atoms with Crippen LogP contribution < -0.4 is 15.8 Å². The molecule has 0 atom stereocenters. The highest BCUT2D eigenvalue weighted by Gasteiger charge is 2.13. The van der Waals surface area contributed by atoms with Crippen LogP contribution in [0.25, 0.3) is 0 Å². The molecule has 0 aliphatic rings. The quantitative estimate of drug-likeness (QED) is 0.792. The highest BCUT2D eigenvalue weighted by Crippen LogP contribution is 2.24. The van der Waals surface area contributed by atoms with Crippen molar-refractivity contribution in [2.45, 2.75) is 32.6 Å². The molecule has 0 saturated carbocycles. The van der Waals surface area contributed by atoms with Crippen LogP contribution in [0.2, 0.25) is 0 Å². The number of benzene rings is 1. The zero-order valence-electron chi connectivity index (χ0n) is 12.4. The number of amides is 1. The van der Waals surface area contributed by atoms with Gasteiger partial charge in [0.2, 0.25) is 0 Å². The number of halogens is 1. The number of carbonyl (C=O) groups excluding carboxylic acids is 1. The summed E-state index contributed by atoms with van der Waals surface area (Å²) < 4.78 is 5.42. The molecule has 1 amide bonds. The fourth-order valence-electron chi connectivity index (χ4n) is 1.58. The van der Waals surface area contributed by atoms with Crippen molar-refractivity contribution >= 4 is 18.3 Å². The van der Waals surface area contributed by atoms with Gasteiger partial charge in [-0.3, -0.25) is 4.79 Å². The fraction of sp³-hybridized carbons (Fsp3) is 0.533. The zero-order chi connectivity index (χ0) is 14.3. The van der Waals surface area contributed by atoms with Crippen LogP contribution in [0.1, 0.15) is 32.8 Å². The molecule has 1 aromatic rings. The van der Waals surface area contributed by atoms with Gasteiger partial charge in [0, 0.05) is 6.54 Å². The van der Waals surface area contributed by atoms with Gasteiger partial charge in [0.1, 0.15) is 5.75 Å². The Bertz CT molecular complexity index is 399. The summed E-state index contributed by atoms with van der Waals surface area (Å²) in [6.45, 7) is 7.70. The van der Waals surface area contributed by atoms with Crippen molar-refractivity contribution in [1.82, 2.24) is 5.32 Å². The molecule has 1 aromatic carbocycles. The number of carbonyl (C=O) groups is 1. The third-order valence-corrected chi connectivity index (χ3v) is 2.79. The van der Waals surface area contributed by atoms with Crippen molar-refractivity contribution < 1.29 is 9.53 Å². The van der Waals surface area contributed by atoms with Crippen molar-refractivity contribution in [3.63, 3.8) is 0 Å². The van der Waals surface area contributed by atoms with Gasteiger partial charge in [0.25, 0.3) is 5.91 Å². The number of nitrogens with two attached hydrogens (primary N) is 1. The van der Waals surface area contributed by atoms with E-state index in [0.717, 1.165) is 6.42 Å². The van der Waals surface area contributed by atoms with Gasteiger partial charge < -0.3 is 15.8 Å². The van der Waals surface area contributed by atoms with Gasteiger partial charge in [-0.05, 0) is 36.1 Å². The molecule has 0 aliphatic carbocycles. The summed E-state index contributed by atoms with van der Waals surface area (Å²) in [4.78, 5) is 11.4. The number of ether oxygens (including phenoxy) is 1. The lowest BCUT2D eigenvalue weighted by atomic mass is 9.87. The van der Waals surface area contributed by atoms with Crippen molar-refractivity contribution in [1.29, 1.82) is 0 Å². The van der Waals surface area contributed by atoms with E-state index in [2.05, 4.69) is 26.1 Å². The summed E-state index contributed by atoms with van der Waals surface area (Å²) in [6, 6.07) is 7.85. The maximum atomic E-state index is 11.4. The summed E-state index contributed by atoms with van der Waals surface area (Å²) in [6.07, 6.45) is 0.784. The molecule has 114 valence electrons. The van der Waals surface area contributed by atoms with E-state index in [4.69, 9.17) is 10.5 Å². The average molecular weight is 301 g/mol. The first-order chi connectivity index (χ1) is 8.93. The van der Waals surface area contributed by atoms with Crippen LogP contribution in [0, 0.1) is 0 Å². The molecular formula is C15H25ClN2O2. The molecule has 0 radical (unpaired) electrons. The molecule has 0 bridgehead atoms. The second-order valence-electron chi connectivity index (χ2n) is 5.56. The van der Waals surface area contributed by atoms with Crippen LogP contribution in [0.3, 0.4) is 0 Å². The molecular weight excluding hydrogens is 276 g/mol. The smallest absolute Gasteiger partial charge is 0.257 e. The Morgan fingerprint density at radius 2 is 1.85 bits per heavy atom. The Morgan fingerprint density at radius 3 is 2.35 bits per heavy atom. The molecule has 0 aliphatic heterocycles. The first-order valence-corrected chi connectivity index (χ1v) is 6.63. The zero-order valence-corrected chi connectivity index (χ0v) is 13.3. The van der Waals surface area contributed by atoms with Gasteiger partial charge >= 0.3 is 0 Å². The summed E-state index contributed by atoms with van der Waals surface area (Å²) in [5, 5.41) is 2.75. The maximum Gasteiger partial charge on any atom is 0.257 e. The number of rotatable bonds is 6. The topological polar surface area (TPSA) is 64.3 Å². The van der Waals surface area contributed by atoms with E-state index in [1.807, 2.05) is 24.3 Å². The van der Waals surface area contributed by atoms with E-state index < -0.39 is 0 Å². The average Bonchev–Trinajstić information content (AvgIpc) is 2.36. The Balaban J connectivity index is 0.00000361. The van der Waals surface area contributed by atoms with Gasteiger partial charge in [-0.1, -0.05) is 32.9 Å². The number of hydrogen-bond acceptors (Lipinski definition) is 3. The Labute approximate surface area is 127 Å². The van der Waals surface area contributed by atoms with Crippen LogP contribution in [-0.2, 0) is 10.2 Å². The van der Waals surface area contributed by atoms with Crippen LogP contribution in [0.5, 0.6) is 5.75 Å². The van der Waals surface area contributed by atoms with Gasteiger partial charge in [-0.2, -0.15) is 0 Å². The molecule has 0 fully saturated rings. The number of hydrogen-bond donors (Lipinski definition) is 2. The molecule has 4 nitrogen and oxygen atoms in total. The molecule has 0 aromatic heterocycles. The standard InChI is InChI=1S/C15H24N2O2.ClH/c1-15(2,3)12-5-7-13(8-6-12)19-11-14(18)17-10-4-9-16;/h5-8H,4,9-11,16H2,1-3H3,(H,17,18);1H. The lowest BCUT2D eigenvalue weighted by molar-refractivity contribution is -0.123. The second-order valence-corrected chi connectivity index (χ2v) is 5.56. The molecule has 0 heterocycles. The van der Waals surface area contributed by atoms with Crippen LogP contribution >= 0.6 is 12.4 Å². The predicted octanol–water partition coefficient (Wildman–Crippen LogP) is 2.25. The highest BCUT2D eigenvalue weighted by molar-refractivity contribution is 5.85. The minimum Gasteiger partial charge on any atom is -0.484 e. The largest absolute Gasteiger partial charge is 0.484 e. The normalized spacial score (nSPS) is 10.6. The van der Waals surface area contributed by atoms with Crippen LogP contribution in [0.4, 0.5) is 0 Å². The van der Waals surface area contributed by atoms with Gasteiger partial charge in [-0.25, -0.2) is 0 Å². The molecule has 0 unspecified atom stereocenters. The predicted molar refractivity (Wildman–Crippen MR) is 84.6 cm³/mol. The molecule has 20 heavy (non-hydrogen) atoms. The van der Waals surface area contributed by atoms with E-state index in [0.29, 0.717) is 18.8 Å². The molecule has 0 saturated heterocycles. The Kier molecular flexibility index (Phi) is 8.26. The minimum absolute atomic E-state index is 0. The van der Waals surface area contributed by atoms with Crippen molar-refractivity contribution in [2.24, 2.45) is 5.73 Å². The molecule has 1 rings (SSSR count). The molecule has 3 N–H and O–H groups in total. The summed E-state index contributed by atoms with van der Waals surface area (Å²) in [7, 11) is 0. The Morgan fingerprint density at radius 1 is 1.25 bits per heavy atom. The van der Waals surface area contributed by atoms with Gasteiger partial charge in [0.05, 0.1) is 0 Å². The van der Waals surface area contributed by atoms with Gasteiger partial charge in [0.15, 0.2) is 6.61 Å². The van der Waals surface area contributed by atoms with Crippen molar-refractivity contribution in [3.8, 4) is 5.75 Å². The van der Waals surface area contributed by atoms with E-state index in [1.54, 1.807) is 0 Å². The first kappa shape index (κ1) is 18.7. The second kappa shape index (κ2) is 8.82. The third-order valence-electron chi connectivity index (χ3n) is 2.79. The lowest BCUT2D eigenvalue weighted by Gasteiger charge is -2.19. The number of nitrogens with one attached hydrogen (secondary N) is 1.